The first-order valence-electron chi connectivity index (χ1n) is 13.3. The number of likely N-dealkylation sites (tertiary alicyclic amines) is 1. The van der Waals surface area contributed by atoms with Crippen molar-refractivity contribution in [3.8, 4) is 5.75 Å². The molecule has 2 aromatic rings. The minimum absolute atomic E-state index is 0.130. The standard InChI is InChI=1S/C29H33N3O4/c33-27-14-13-25(28(34)30-27)32-18-20-15-22(11-12-23(20)29(32)35)36-26-10-6-2-5-9-24(26)31-16-21(17-31)19-7-3-1-4-8-19/h1,3-4,7-8,11-12,15,21,24-26H,2,5-6,9-10,13-14,16-18H2,(H,30,33,34)/t24-,25?,26-/m0/s1. The number of rotatable bonds is 5. The van der Waals surface area contributed by atoms with Gasteiger partial charge in [0, 0.05) is 43.6 Å². The number of carbonyl (C=O) groups excluding carboxylic acids is 3. The molecule has 0 spiro atoms. The first-order valence-corrected chi connectivity index (χ1v) is 13.3. The van der Waals surface area contributed by atoms with Gasteiger partial charge >= 0.3 is 0 Å². The highest BCUT2D eigenvalue weighted by Gasteiger charge is 2.40. The Hall–Kier alpha value is -3.19. The van der Waals surface area contributed by atoms with Gasteiger partial charge in [-0.1, -0.05) is 43.2 Å². The average molecular weight is 488 g/mol. The Balaban J connectivity index is 1.14. The van der Waals surface area contributed by atoms with Gasteiger partial charge in [-0.15, -0.1) is 0 Å². The maximum absolute atomic E-state index is 13.0. The monoisotopic (exact) mass is 487 g/mol. The molecule has 2 saturated heterocycles. The van der Waals surface area contributed by atoms with Crippen LogP contribution in [0.2, 0.25) is 0 Å². The van der Waals surface area contributed by atoms with E-state index in [2.05, 4.69) is 40.5 Å². The van der Waals surface area contributed by atoms with Crippen LogP contribution in [0.15, 0.2) is 48.5 Å². The summed E-state index contributed by atoms with van der Waals surface area (Å²) in [6.07, 6.45) is 6.60. The van der Waals surface area contributed by atoms with Gasteiger partial charge in [-0.05, 0) is 55.0 Å². The number of benzene rings is 2. The van der Waals surface area contributed by atoms with Crippen molar-refractivity contribution in [1.82, 2.24) is 15.1 Å². The maximum Gasteiger partial charge on any atom is 0.255 e. The van der Waals surface area contributed by atoms with Crippen LogP contribution in [0, 0.1) is 0 Å². The Labute approximate surface area is 211 Å². The van der Waals surface area contributed by atoms with E-state index < -0.39 is 6.04 Å². The zero-order chi connectivity index (χ0) is 24.6. The molecule has 0 aromatic heterocycles. The molecule has 2 aromatic carbocycles. The highest BCUT2D eigenvalue weighted by Crippen LogP contribution is 2.36. The van der Waals surface area contributed by atoms with E-state index in [4.69, 9.17) is 4.74 Å². The molecule has 1 N–H and O–H groups in total. The van der Waals surface area contributed by atoms with Crippen LogP contribution in [0.1, 0.15) is 72.3 Å². The molecule has 188 valence electrons. The average Bonchev–Trinajstić information content (AvgIpc) is 3.00. The molecule has 3 fully saturated rings. The lowest BCUT2D eigenvalue weighted by Gasteiger charge is -2.46. The van der Waals surface area contributed by atoms with Crippen molar-refractivity contribution >= 4 is 17.7 Å². The van der Waals surface area contributed by atoms with Gasteiger partial charge in [0.05, 0.1) is 0 Å². The Morgan fingerprint density at radius 3 is 2.50 bits per heavy atom. The molecule has 3 heterocycles. The third kappa shape index (κ3) is 4.41. The number of carbonyl (C=O) groups is 3. The van der Waals surface area contributed by atoms with Gasteiger partial charge in [-0.3, -0.25) is 24.6 Å². The summed E-state index contributed by atoms with van der Waals surface area (Å²) in [7, 11) is 0. The van der Waals surface area contributed by atoms with Crippen molar-refractivity contribution in [2.75, 3.05) is 13.1 Å². The zero-order valence-electron chi connectivity index (χ0n) is 20.5. The molecule has 1 aliphatic carbocycles. The summed E-state index contributed by atoms with van der Waals surface area (Å²) in [4.78, 5) is 41.1. The highest BCUT2D eigenvalue weighted by molar-refractivity contribution is 6.05. The molecule has 0 radical (unpaired) electrons. The normalized spacial score (nSPS) is 27.3. The molecule has 7 nitrogen and oxygen atoms in total. The summed E-state index contributed by atoms with van der Waals surface area (Å²) in [6.45, 7) is 2.53. The smallest absolute Gasteiger partial charge is 0.255 e. The number of piperidine rings is 1. The van der Waals surface area contributed by atoms with E-state index in [-0.39, 0.29) is 30.2 Å². The lowest BCUT2D eigenvalue weighted by Crippen LogP contribution is -2.55. The third-order valence-electron chi connectivity index (χ3n) is 8.35. The fourth-order valence-corrected chi connectivity index (χ4v) is 6.33. The fourth-order valence-electron chi connectivity index (χ4n) is 6.33. The van der Waals surface area contributed by atoms with Crippen molar-refractivity contribution in [3.05, 3.63) is 65.2 Å². The topological polar surface area (TPSA) is 79.0 Å². The number of hydrogen-bond donors (Lipinski definition) is 1. The van der Waals surface area contributed by atoms with E-state index >= 15 is 0 Å². The van der Waals surface area contributed by atoms with E-state index in [0.717, 1.165) is 37.2 Å². The number of nitrogens with zero attached hydrogens (tertiary/aromatic N) is 2. The number of ether oxygens (including phenoxy) is 1. The van der Waals surface area contributed by atoms with Crippen LogP contribution in [0.5, 0.6) is 5.75 Å². The quantitative estimate of drug-likeness (QED) is 0.515. The van der Waals surface area contributed by atoms with Crippen LogP contribution in [-0.2, 0) is 16.1 Å². The van der Waals surface area contributed by atoms with Gasteiger partial charge < -0.3 is 9.64 Å². The van der Waals surface area contributed by atoms with Crippen molar-refractivity contribution in [1.29, 1.82) is 0 Å². The predicted molar refractivity (Wildman–Crippen MR) is 135 cm³/mol. The summed E-state index contributed by atoms with van der Waals surface area (Å²) in [5, 5.41) is 2.36. The van der Waals surface area contributed by atoms with E-state index in [1.165, 1.54) is 24.8 Å². The molecule has 6 rings (SSSR count). The van der Waals surface area contributed by atoms with Crippen LogP contribution in [0.3, 0.4) is 0 Å². The molecule has 36 heavy (non-hydrogen) atoms. The molecule has 0 bridgehead atoms. The summed E-state index contributed by atoms with van der Waals surface area (Å²) in [5.41, 5.74) is 2.93. The number of imide groups is 1. The van der Waals surface area contributed by atoms with Gasteiger partial charge in [0.2, 0.25) is 11.8 Å². The van der Waals surface area contributed by atoms with E-state index in [9.17, 15) is 14.4 Å². The second-order valence-electron chi connectivity index (χ2n) is 10.6. The lowest BCUT2D eigenvalue weighted by atomic mass is 9.88. The van der Waals surface area contributed by atoms with Gasteiger partial charge in [-0.25, -0.2) is 0 Å². The number of nitrogens with one attached hydrogen (secondary N) is 1. The van der Waals surface area contributed by atoms with Crippen LogP contribution in [-0.4, -0.2) is 58.8 Å². The van der Waals surface area contributed by atoms with Crippen LogP contribution in [0.4, 0.5) is 0 Å². The van der Waals surface area contributed by atoms with E-state index in [1.807, 2.05) is 18.2 Å². The number of hydrogen-bond acceptors (Lipinski definition) is 5. The summed E-state index contributed by atoms with van der Waals surface area (Å²) < 4.78 is 6.63. The third-order valence-corrected chi connectivity index (χ3v) is 8.35. The largest absolute Gasteiger partial charge is 0.489 e. The molecule has 3 atom stereocenters. The van der Waals surface area contributed by atoms with Gasteiger partial charge in [0.15, 0.2) is 0 Å². The van der Waals surface area contributed by atoms with Crippen LogP contribution in [0.25, 0.3) is 0 Å². The van der Waals surface area contributed by atoms with Gasteiger partial charge in [-0.2, -0.15) is 0 Å². The second kappa shape index (κ2) is 9.69. The molecular formula is C29H33N3O4. The Morgan fingerprint density at radius 1 is 0.889 bits per heavy atom. The van der Waals surface area contributed by atoms with E-state index in [0.29, 0.717) is 30.5 Å². The number of fused-ring (bicyclic) bond motifs is 1. The molecule has 1 unspecified atom stereocenters. The Bertz CT molecular complexity index is 1160. The van der Waals surface area contributed by atoms with Crippen molar-refractivity contribution < 1.29 is 19.1 Å². The van der Waals surface area contributed by atoms with Crippen molar-refractivity contribution in [2.45, 2.75) is 75.6 Å². The van der Waals surface area contributed by atoms with Gasteiger partial charge in [0.25, 0.3) is 5.91 Å². The molecule has 1 saturated carbocycles. The highest BCUT2D eigenvalue weighted by atomic mass is 16.5. The summed E-state index contributed by atoms with van der Waals surface area (Å²) >= 11 is 0. The zero-order valence-corrected chi connectivity index (χ0v) is 20.5. The maximum atomic E-state index is 13.0. The lowest BCUT2D eigenvalue weighted by molar-refractivity contribution is -0.136. The molecule has 7 heteroatoms. The molecule has 3 amide bonds. The second-order valence-corrected chi connectivity index (χ2v) is 10.6. The Morgan fingerprint density at radius 2 is 1.69 bits per heavy atom. The summed E-state index contributed by atoms with van der Waals surface area (Å²) in [6, 6.07) is 16.3. The SMILES string of the molecule is O=C1CCC(N2Cc3cc(O[C@H]4CCCCC[C@@H]4N4CC(c5ccccc5)C4)ccc3C2=O)C(=O)N1. The van der Waals surface area contributed by atoms with E-state index in [1.54, 1.807) is 4.90 Å². The first kappa shape index (κ1) is 23.2. The van der Waals surface area contributed by atoms with Crippen molar-refractivity contribution in [3.63, 3.8) is 0 Å². The van der Waals surface area contributed by atoms with Crippen LogP contribution >= 0.6 is 0 Å². The minimum atomic E-state index is -0.595. The minimum Gasteiger partial charge on any atom is -0.489 e. The first-order chi connectivity index (χ1) is 17.6. The Kier molecular flexibility index (Phi) is 6.25. The molecular weight excluding hydrogens is 454 g/mol. The summed E-state index contributed by atoms with van der Waals surface area (Å²) in [5.74, 6) is 0.592. The van der Waals surface area contributed by atoms with Crippen LogP contribution < -0.4 is 10.1 Å². The predicted octanol–water partition coefficient (Wildman–Crippen LogP) is 3.63. The molecule has 3 aliphatic heterocycles. The number of amides is 3. The fraction of sp³-hybridized carbons (Fsp3) is 0.483. The molecule has 4 aliphatic rings. The van der Waals surface area contributed by atoms with Gasteiger partial charge in [0.1, 0.15) is 17.9 Å². The van der Waals surface area contributed by atoms with Crippen molar-refractivity contribution in [2.24, 2.45) is 0 Å².